The zero-order chi connectivity index (χ0) is 13.8. The molecule has 0 aromatic heterocycles. The van der Waals surface area contributed by atoms with Gasteiger partial charge in [-0.25, -0.2) is 0 Å². The summed E-state index contributed by atoms with van der Waals surface area (Å²) in [6, 6.07) is 6.54. The van der Waals surface area contributed by atoms with Crippen LogP contribution in [-0.2, 0) is 0 Å². The lowest BCUT2D eigenvalue weighted by Gasteiger charge is -2.41. The first-order valence-electron chi connectivity index (χ1n) is 7.06. The van der Waals surface area contributed by atoms with E-state index in [0.29, 0.717) is 12.0 Å². The highest BCUT2D eigenvalue weighted by atomic mass is 79.9. The second kappa shape index (κ2) is 7.07. The quantitative estimate of drug-likeness (QED) is 0.885. The van der Waals surface area contributed by atoms with Crippen molar-refractivity contribution >= 4 is 27.5 Å². The topological polar surface area (TPSA) is 29.3 Å². The van der Waals surface area contributed by atoms with Crippen LogP contribution in [0.4, 0.5) is 0 Å². The fraction of sp³-hybridized carbons (Fsp3) is 0.600. The normalized spacial score (nSPS) is 24.6. The Morgan fingerprint density at radius 1 is 1.47 bits per heavy atom. The molecule has 2 rings (SSSR count). The van der Waals surface area contributed by atoms with Crippen molar-refractivity contribution in [2.24, 2.45) is 11.7 Å². The van der Waals surface area contributed by atoms with Crippen LogP contribution in [0.5, 0.6) is 0 Å². The van der Waals surface area contributed by atoms with Gasteiger partial charge in [0.05, 0.1) is 0 Å². The van der Waals surface area contributed by atoms with E-state index in [1.54, 1.807) is 0 Å². The molecule has 1 aromatic carbocycles. The fourth-order valence-electron chi connectivity index (χ4n) is 3.13. The average Bonchev–Trinajstić information content (AvgIpc) is 2.39. The van der Waals surface area contributed by atoms with Crippen LogP contribution in [0.2, 0.25) is 5.02 Å². The largest absolute Gasteiger partial charge is 0.330 e. The highest BCUT2D eigenvalue weighted by Gasteiger charge is 2.32. The summed E-state index contributed by atoms with van der Waals surface area (Å²) in [4.78, 5) is 2.58. The van der Waals surface area contributed by atoms with E-state index in [1.165, 1.54) is 31.4 Å². The number of hydrogen-bond donors (Lipinski definition) is 1. The first-order chi connectivity index (χ1) is 9.17. The van der Waals surface area contributed by atoms with Crippen LogP contribution in [0.1, 0.15) is 37.8 Å². The summed E-state index contributed by atoms with van der Waals surface area (Å²) in [6.07, 6.45) is 3.65. The van der Waals surface area contributed by atoms with Gasteiger partial charge in [-0.15, -0.1) is 0 Å². The summed E-state index contributed by atoms with van der Waals surface area (Å²) in [5.41, 5.74) is 7.33. The Morgan fingerprint density at radius 3 is 2.89 bits per heavy atom. The van der Waals surface area contributed by atoms with Gasteiger partial charge < -0.3 is 5.73 Å². The van der Waals surface area contributed by atoms with Crippen molar-refractivity contribution in [2.45, 2.75) is 32.2 Å². The second-order valence-corrected chi connectivity index (χ2v) is 6.58. The maximum atomic E-state index is 6.06. The van der Waals surface area contributed by atoms with Crippen LogP contribution in [-0.4, -0.2) is 24.5 Å². The molecule has 2 N–H and O–H groups in total. The Bertz CT molecular complexity index is 423. The number of likely N-dealkylation sites (tertiary alicyclic amines) is 1. The number of piperidine rings is 1. The number of nitrogens with zero attached hydrogens (tertiary/aromatic N) is 1. The maximum Gasteiger partial charge on any atom is 0.0417 e. The molecule has 0 spiro atoms. The maximum absolute atomic E-state index is 6.06. The van der Waals surface area contributed by atoms with Gasteiger partial charge in [-0.3, -0.25) is 4.90 Å². The third kappa shape index (κ3) is 3.52. The molecule has 1 saturated heterocycles. The predicted molar refractivity (Wildman–Crippen MR) is 85.5 cm³/mol. The molecule has 0 radical (unpaired) electrons. The van der Waals surface area contributed by atoms with E-state index in [9.17, 15) is 0 Å². The Balaban J connectivity index is 2.33. The molecule has 1 aromatic rings. The van der Waals surface area contributed by atoms with E-state index < -0.39 is 0 Å². The molecule has 0 amide bonds. The first-order valence-corrected chi connectivity index (χ1v) is 8.23. The summed E-state index contributed by atoms with van der Waals surface area (Å²) >= 11 is 9.72. The van der Waals surface area contributed by atoms with Crippen LogP contribution < -0.4 is 5.73 Å². The minimum atomic E-state index is 0.422. The molecule has 0 saturated carbocycles. The minimum Gasteiger partial charge on any atom is -0.330 e. The van der Waals surface area contributed by atoms with E-state index in [4.69, 9.17) is 17.3 Å². The number of hydrogen-bond acceptors (Lipinski definition) is 2. The zero-order valence-corrected chi connectivity index (χ0v) is 13.8. The fourth-order valence-corrected chi connectivity index (χ4v) is 4.05. The lowest BCUT2D eigenvalue weighted by Crippen LogP contribution is -2.42. The van der Waals surface area contributed by atoms with Crippen LogP contribution in [0, 0.1) is 5.92 Å². The summed E-state index contributed by atoms with van der Waals surface area (Å²) in [7, 11) is 0. The van der Waals surface area contributed by atoms with Gasteiger partial charge in [-0.05, 0) is 62.5 Å². The number of nitrogens with two attached hydrogens (primary N) is 1. The van der Waals surface area contributed by atoms with E-state index in [-0.39, 0.29) is 0 Å². The van der Waals surface area contributed by atoms with Gasteiger partial charge in [0.2, 0.25) is 0 Å². The standard InChI is InChI=1S/C15H22BrClN2/c1-2-7-19-8-3-4-11(10-18)15(19)13-6-5-12(17)9-14(13)16/h5-6,9,11,15H,2-4,7-8,10,18H2,1H3. The highest BCUT2D eigenvalue weighted by Crippen LogP contribution is 2.39. The number of benzene rings is 1. The summed E-state index contributed by atoms with van der Waals surface area (Å²) in [5, 5.41) is 0.776. The van der Waals surface area contributed by atoms with E-state index in [0.717, 1.165) is 22.6 Å². The Hall–Kier alpha value is -0.0900. The molecule has 1 fully saturated rings. The smallest absolute Gasteiger partial charge is 0.0417 e. The van der Waals surface area contributed by atoms with Gasteiger partial charge in [0.15, 0.2) is 0 Å². The van der Waals surface area contributed by atoms with Crippen molar-refractivity contribution < 1.29 is 0 Å². The van der Waals surface area contributed by atoms with Crippen LogP contribution in [0.15, 0.2) is 22.7 Å². The van der Waals surface area contributed by atoms with Gasteiger partial charge in [0, 0.05) is 15.5 Å². The monoisotopic (exact) mass is 344 g/mol. The Labute approximate surface area is 129 Å². The Kier molecular flexibility index (Phi) is 5.70. The van der Waals surface area contributed by atoms with Crippen molar-refractivity contribution in [1.82, 2.24) is 4.90 Å². The molecule has 2 atom stereocenters. The highest BCUT2D eigenvalue weighted by molar-refractivity contribution is 9.10. The van der Waals surface area contributed by atoms with Gasteiger partial charge in [-0.1, -0.05) is 40.5 Å². The molecule has 1 heterocycles. The van der Waals surface area contributed by atoms with E-state index in [2.05, 4.69) is 33.8 Å². The third-order valence-corrected chi connectivity index (χ3v) is 4.88. The average molecular weight is 346 g/mol. The van der Waals surface area contributed by atoms with Gasteiger partial charge in [0.25, 0.3) is 0 Å². The summed E-state index contributed by atoms with van der Waals surface area (Å²) in [5.74, 6) is 0.540. The molecule has 0 aliphatic carbocycles. The molecule has 2 nitrogen and oxygen atoms in total. The zero-order valence-electron chi connectivity index (χ0n) is 11.4. The third-order valence-electron chi connectivity index (χ3n) is 3.95. The molecular formula is C15H22BrClN2. The molecule has 0 bridgehead atoms. The van der Waals surface area contributed by atoms with Gasteiger partial charge >= 0.3 is 0 Å². The van der Waals surface area contributed by atoms with Crippen molar-refractivity contribution in [3.8, 4) is 0 Å². The molecule has 1 aliphatic heterocycles. The molecule has 106 valence electrons. The lowest BCUT2D eigenvalue weighted by atomic mass is 9.84. The van der Waals surface area contributed by atoms with E-state index in [1.807, 2.05) is 12.1 Å². The number of halogens is 2. The number of rotatable bonds is 4. The lowest BCUT2D eigenvalue weighted by molar-refractivity contribution is 0.0956. The summed E-state index contributed by atoms with van der Waals surface area (Å²) in [6.45, 7) is 5.29. The predicted octanol–water partition coefficient (Wildman–Crippen LogP) is 4.22. The minimum absolute atomic E-state index is 0.422. The van der Waals surface area contributed by atoms with Crippen molar-refractivity contribution in [2.75, 3.05) is 19.6 Å². The van der Waals surface area contributed by atoms with Crippen molar-refractivity contribution in [1.29, 1.82) is 0 Å². The molecule has 4 heteroatoms. The molecular weight excluding hydrogens is 324 g/mol. The van der Waals surface area contributed by atoms with Gasteiger partial charge in [0.1, 0.15) is 0 Å². The molecule has 2 unspecified atom stereocenters. The summed E-state index contributed by atoms with van der Waals surface area (Å²) < 4.78 is 1.10. The molecule has 19 heavy (non-hydrogen) atoms. The Morgan fingerprint density at radius 2 is 2.26 bits per heavy atom. The first kappa shape index (κ1) is 15.3. The second-order valence-electron chi connectivity index (χ2n) is 5.28. The van der Waals surface area contributed by atoms with Gasteiger partial charge in [-0.2, -0.15) is 0 Å². The van der Waals surface area contributed by atoms with E-state index >= 15 is 0 Å². The van der Waals surface area contributed by atoms with Crippen LogP contribution >= 0.6 is 27.5 Å². The van der Waals surface area contributed by atoms with Crippen molar-refractivity contribution in [3.63, 3.8) is 0 Å². The molecule has 1 aliphatic rings. The van der Waals surface area contributed by atoms with Crippen LogP contribution in [0.25, 0.3) is 0 Å². The van der Waals surface area contributed by atoms with Crippen LogP contribution in [0.3, 0.4) is 0 Å². The van der Waals surface area contributed by atoms with Crippen molar-refractivity contribution in [3.05, 3.63) is 33.3 Å². The SMILES string of the molecule is CCCN1CCCC(CN)C1c1ccc(Cl)cc1Br.